The number of rotatable bonds is 2. The van der Waals surface area contributed by atoms with Gasteiger partial charge >= 0.3 is 0 Å². The maximum Gasteiger partial charge on any atom is 0.196 e. The van der Waals surface area contributed by atoms with E-state index in [1.54, 1.807) is 12.2 Å². The van der Waals surface area contributed by atoms with Gasteiger partial charge < -0.3 is 5.32 Å². The lowest BCUT2D eigenvalue weighted by Gasteiger charge is -2.56. The minimum absolute atomic E-state index is 0.0274. The molecule has 1 saturated carbocycles. The molecule has 160 valence electrons. The smallest absolute Gasteiger partial charge is 0.196 e. The second-order valence-corrected chi connectivity index (χ2v) is 8.92. The first-order valence-electron chi connectivity index (χ1n) is 10.3. The number of ketones is 2. The Labute approximate surface area is 188 Å². The summed E-state index contributed by atoms with van der Waals surface area (Å²) in [6, 6.07) is 4.01. The van der Waals surface area contributed by atoms with Crippen molar-refractivity contribution < 1.29 is 9.59 Å². The summed E-state index contributed by atoms with van der Waals surface area (Å²) in [7, 11) is 0. The van der Waals surface area contributed by atoms with Crippen LogP contribution >= 0.6 is 0 Å². The Kier molecular flexibility index (Phi) is 5.65. The summed E-state index contributed by atoms with van der Waals surface area (Å²) >= 11 is 0. The molecule has 0 aromatic heterocycles. The van der Waals surface area contributed by atoms with E-state index in [2.05, 4.69) is 35.3 Å². The molecule has 1 N–H and O–H groups in total. The van der Waals surface area contributed by atoms with E-state index in [0.717, 1.165) is 0 Å². The fourth-order valence-electron chi connectivity index (χ4n) is 5.40. The zero-order valence-electron chi connectivity index (χ0n) is 18.5. The lowest BCUT2D eigenvalue weighted by atomic mass is 9.45. The van der Waals surface area contributed by atoms with E-state index in [9.17, 15) is 20.1 Å². The number of nitrogens with one attached hydrogen (secondary N) is 1. The van der Waals surface area contributed by atoms with Crippen molar-refractivity contribution in [3.05, 3.63) is 60.5 Å². The maximum atomic E-state index is 12.9. The van der Waals surface area contributed by atoms with Crippen molar-refractivity contribution in [1.29, 1.82) is 10.5 Å². The molecule has 3 rings (SSSR count). The van der Waals surface area contributed by atoms with Gasteiger partial charge in [0.1, 0.15) is 12.1 Å². The Bertz CT molecular complexity index is 1200. The van der Waals surface area contributed by atoms with Crippen molar-refractivity contribution in [2.45, 2.75) is 33.6 Å². The van der Waals surface area contributed by atoms with Crippen molar-refractivity contribution in [3.8, 4) is 24.0 Å². The molecule has 0 radical (unpaired) electrons. The third kappa shape index (κ3) is 3.33. The summed E-state index contributed by atoms with van der Waals surface area (Å²) in [4.78, 5) is 29.8. The predicted octanol–water partition coefficient (Wildman–Crippen LogP) is 3.69. The average molecular weight is 425 g/mol. The molecule has 0 aromatic rings. The van der Waals surface area contributed by atoms with Crippen LogP contribution in [0.1, 0.15) is 33.6 Å². The second kappa shape index (κ2) is 7.95. The topological polar surface area (TPSA) is 106 Å². The molecule has 0 aliphatic heterocycles. The van der Waals surface area contributed by atoms with Crippen LogP contribution in [0.5, 0.6) is 0 Å². The van der Waals surface area contributed by atoms with Crippen LogP contribution in [0.2, 0.25) is 0 Å². The third-order valence-corrected chi connectivity index (χ3v) is 6.79. The largest absolute Gasteiger partial charge is 0.340 e. The van der Waals surface area contributed by atoms with Gasteiger partial charge in [0, 0.05) is 17.0 Å². The molecule has 0 amide bonds. The Morgan fingerprint density at radius 1 is 1.19 bits per heavy atom. The van der Waals surface area contributed by atoms with Crippen LogP contribution in [0, 0.1) is 56.7 Å². The van der Waals surface area contributed by atoms with Crippen molar-refractivity contribution in [3.63, 3.8) is 0 Å². The quantitative estimate of drug-likeness (QED) is 0.413. The van der Waals surface area contributed by atoms with Gasteiger partial charge in [-0.25, -0.2) is 4.99 Å². The molecule has 3 aliphatic carbocycles. The number of carbonyl (C=O) groups excluding carboxylic acids is 2. The number of hydrogen-bond acceptors (Lipinski definition) is 5. The molecule has 6 nitrogen and oxygen atoms in total. The van der Waals surface area contributed by atoms with E-state index in [1.165, 1.54) is 18.5 Å². The average Bonchev–Trinajstić information content (AvgIpc) is 2.75. The molecule has 0 heterocycles. The van der Waals surface area contributed by atoms with Crippen LogP contribution in [0.25, 0.3) is 0 Å². The molecular formula is C26H24N4O2. The normalized spacial score (nSPS) is 30.5. The molecule has 0 saturated heterocycles. The van der Waals surface area contributed by atoms with Crippen molar-refractivity contribution in [1.82, 2.24) is 5.32 Å². The maximum absolute atomic E-state index is 12.9. The van der Waals surface area contributed by atoms with E-state index in [0.29, 0.717) is 24.3 Å². The highest BCUT2D eigenvalue weighted by Gasteiger charge is 2.59. The summed E-state index contributed by atoms with van der Waals surface area (Å²) in [5, 5.41) is 22.0. The van der Waals surface area contributed by atoms with Gasteiger partial charge in [0.15, 0.2) is 17.4 Å². The molecular weight excluding hydrogens is 400 g/mol. The van der Waals surface area contributed by atoms with Gasteiger partial charge in [0.05, 0.1) is 16.6 Å². The SMILES string of the molecule is C=CN=C(C#CC12C=C(C#N)C(=O)C=C1C1(C)C=C(C#N)C(=O)C(C)(C)C1CC2)NC=C. The number of allylic oxidation sites excluding steroid dienone is 6. The number of carbonyl (C=O) groups is 2. The van der Waals surface area contributed by atoms with E-state index < -0.39 is 22.0 Å². The van der Waals surface area contributed by atoms with Crippen LogP contribution in [0.4, 0.5) is 0 Å². The van der Waals surface area contributed by atoms with Crippen molar-refractivity contribution >= 4 is 17.4 Å². The highest BCUT2D eigenvalue weighted by molar-refractivity contribution is 6.10. The lowest BCUT2D eigenvalue weighted by Crippen LogP contribution is -2.53. The molecule has 3 unspecified atom stereocenters. The molecule has 6 heteroatoms. The minimum atomic E-state index is -0.914. The van der Waals surface area contributed by atoms with Gasteiger partial charge in [0.2, 0.25) is 0 Å². The van der Waals surface area contributed by atoms with Gasteiger partial charge in [-0.15, -0.1) is 0 Å². The van der Waals surface area contributed by atoms with Crippen molar-refractivity contribution in [2.75, 3.05) is 0 Å². The summed E-state index contributed by atoms with van der Waals surface area (Å²) in [6.07, 6.45) is 8.73. The molecule has 32 heavy (non-hydrogen) atoms. The summed E-state index contributed by atoms with van der Waals surface area (Å²) in [5.41, 5.74) is -1.64. The first kappa shape index (κ1) is 22.7. The summed E-state index contributed by atoms with van der Waals surface area (Å²) in [5.74, 6) is 5.85. The van der Waals surface area contributed by atoms with Crippen LogP contribution in [-0.4, -0.2) is 17.4 Å². The van der Waals surface area contributed by atoms with Gasteiger partial charge in [-0.2, -0.15) is 10.5 Å². The van der Waals surface area contributed by atoms with Gasteiger partial charge in [-0.3, -0.25) is 9.59 Å². The lowest BCUT2D eigenvalue weighted by molar-refractivity contribution is -0.130. The van der Waals surface area contributed by atoms with E-state index in [-0.39, 0.29) is 22.8 Å². The molecule has 3 atom stereocenters. The molecule has 1 fully saturated rings. The van der Waals surface area contributed by atoms with E-state index in [1.807, 2.05) is 32.9 Å². The monoisotopic (exact) mass is 424 g/mol. The number of fused-ring (bicyclic) bond motifs is 3. The van der Waals surface area contributed by atoms with E-state index in [4.69, 9.17) is 0 Å². The Hall–Kier alpha value is -3.95. The Balaban J connectivity index is 2.29. The molecule has 0 spiro atoms. The number of nitriles is 2. The van der Waals surface area contributed by atoms with Crippen molar-refractivity contribution in [2.24, 2.45) is 27.2 Å². The van der Waals surface area contributed by atoms with E-state index >= 15 is 0 Å². The minimum Gasteiger partial charge on any atom is -0.340 e. The van der Waals surface area contributed by atoms with Gasteiger partial charge in [0.25, 0.3) is 0 Å². The Morgan fingerprint density at radius 2 is 1.88 bits per heavy atom. The zero-order valence-corrected chi connectivity index (χ0v) is 18.5. The first-order chi connectivity index (χ1) is 15.1. The standard InChI is InChI=1S/C26H24N4O2/c1-6-29-22(30-7-2)9-11-26-10-8-20-24(3,4)23(32)18(16-28)13-25(20,5)21(26)12-19(31)17(14-26)15-27/h6-7,12-14,20H,1-2,8,10H2,3-5H3,(H,29,30). The van der Waals surface area contributed by atoms with Gasteiger partial charge in [-0.05, 0) is 48.6 Å². The molecule has 3 aliphatic rings. The number of nitrogens with zero attached hydrogens (tertiary/aromatic N) is 3. The molecule has 0 aromatic carbocycles. The van der Waals surface area contributed by atoms with Crippen LogP contribution in [-0.2, 0) is 9.59 Å². The molecule has 0 bridgehead atoms. The fraction of sp³-hybridized carbons (Fsp3) is 0.346. The van der Waals surface area contributed by atoms with Crippen LogP contribution in [0.3, 0.4) is 0 Å². The third-order valence-electron chi connectivity index (χ3n) is 6.79. The summed E-state index contributed by atoms with van der Waals surface area (Å²) < 4.78 is 0. The van der Waals surface area contributed by atoms with Crippen LogP contribution < -0.4 is 5.32 Å². The first-order valence-corrected chi connectivity index (χ1v) is 10.3. The van der Waals surface area contributed by atoms with Crippen LogP contribution in [0.15, 0.2) is 65.5 Å². The van der Waals surface area contributed by atoms with Gasteiger partial charge in [-0.1, -0.05) is 45.9 Å². The number of Topliss-reactive ketones (excluding diaryl/α,β-unsaturated/α-hetero) is 1. The second-order valence-electron chi connectivity index (χ2n) is 8.92. The zero-order chi connectivity index (χ0) is 23.7. The number of aliphatic imine (C=N–C) groups is 1. The Morgan fingerprint density at radius 3 is 2.47 bits per heavy atom. The predicted molar refractivity (Wildman–Crippen MR) is 121 cm³/mol. The highest BCUT2D eigenvalue weighted by Crippen LogP contribution is 2.63. The number of amidine groups is 1. The fourth-order valence-corrected chi connectivity index (χ4v) is 5.40. The highest BCUT2D eigenvalue weighted by atomic mass is 16.1. The number of hydrogen-bond donors (Lipinski definition) is 1. The summed E-state index contributed by atoms with van der Waals surface area (Å²) in [6.45, 7) is 12.9.